The smallest absolute Gasteiger partial charge is 0.245 e. The van der Waals surface area contributed by atoms with Crippen molar-refractivity contribution in [3.63, 3.8) is 0 Å². The lowest BCUT2D eigenvalue weighted by atomic mass is 9.94. The molecule has 8 atom stereocenters. The highest BCUT2D eigenvalue weighted by Crippen LogP contribution is 2.15. The van der Waals surface area contributed by atoms with Crippen molar-refractivity contribution in [2.24, 2.45) is 23.1 Å². The van der Waals surface area contributed by atoms with Crippen LogP contribution in [-0.4, -0.2) is 161 Å². The number of rotatable bonds is 19. The largest absolute Gasteiger partial charge is 0.508 e. The maximum Gasteiger partial charge on any atom is 0.245 e. The van der Waals surface area contributed by atoms with Crippen molar-refractivity contribution >= 4 is 71.3 Å². The molecule has 0 spiro atoms. The van der Waals surface area contributed by atoms with Gasteiger partial charge in [-0.05, 0) is 43.4 Å². The zero-order valence-electron chi connectivity index (χ0n) is 37.7. The van der Waals surface area contributed by atoms with Crippen molar-refractivity contribution in [3.05, 3.63) is 29.8 Å². The van der Waals surface area contributed by atoms with Gasteiger partial charge in [0.15, 0.2) is 0 Å². The lowest BCUT2D eigenvalue weighted by Crippen LogP contribution is -2.64. The number of phenols is 1. The second-order valence-corrected chi connectivity index (χ2v) is 16.2. The normalized spacial score (nSPS) is 22.0. The van der Waals surface area contributed by atoms with Gasteiger partial charge < -0.3 is 79.6 Å². The van der Waals surface area contributed by atoms with Crippen LogP contribution < -0.4 is 59.7 Å². The van der Waals surface area contributed by atoms with Gasteiger partial charge in [-0.15, -0.1) is 0 Å². The van der Waals surface area contributed by atoms with Crippen LogP contribution in [0.25, 0.3) is 0 Å². The molecule has 1 aromatic carbocycles. The van der Waals surface area contributed by atoms with E-state index in [-0.39, 0.29) is 18.5 Å². The van der Waals surface area contributed by atoms with Crippen molar-refractivity contribution in [1.82, 2.24) is 47.4 Å². The second-order valence-electron chi connectivity index (χ2n) is 16.2. The van der Waals surface area contributed by atoms with Gasteiger partial charge >= 0.3 is 0 Å². The van der Waals surface area contributed by atoms with Crippen molar-refractivity contribution < 1.29 is 67.7 Å². The molecular formula is C41H62N12O14. The summed E-state index contributed by atoms with van der Waals surface area (Å²) in [5, 5.41) is 39.5. The number of aromatic hydroxyl groups is 1. The van der Waals surface area contributed by atoms with Crippen LogP contribution in [0.4, 0.5) is 0 Å². The first-order chi connectivity index (χ1) is 31.4. The van der Waals surface area contributed by atoms with Gasteiger partial charge in [0.2, 0.25) is 65.0 Å². The molecule has 26 nitrogen and oxygen atoms in total. The van der Waals surface area contributed by atoms with Crippen LogP contribution in [-0.2, 0) is 64.0 Å². The Labute approximate surface area is 385 Å². The molecule has 0 aliphatic carbocycles. The average molecular weight is 947 g/mol. The fourth-order valence-electron chi connectivity index (χ4n) is 6.57. The summed E-state index contributed by atoms with van der Waals surface area (Å²) >= 11 is 0. The first-order valence-corrected chi connectivity index (χ1v) is 21.2. The summed E-state index contributed by atoms with van der Waals surface area (Å²) in [5.74, 6) is -11.4. The van der Waals surface area contributed by atoms with Gasteiger partial charge in [0.1, 0.15) is 47.8 Å². The molecule has 8 unspecified atom stereocenters. The van der Waals surface area contributed by atoms with Crippen molar-refractivity contribution in [1.29, 1.82) is 0 Å². The number of aliphatic hydroxyl groups is 1. The van der Waals surface area contributed by atoms with E-state index >= 15 is 0 Å². The third kappa shape index (κ3) is 18.7. The van der Waals surface area contributed by atoms with E-state index in [0.717, 1.165) is 11.9 Å². The number of nitrogens with zero attached hydrogens (tertiary/aromatic N) is 1. The molecule has 67 heavy (non-hydrogen) atoms. The van der Waals surface area contributed by atoms with E-state index in [4.69, 9.17) is 17.2 Å². The minimum Gasteiger partial charge on any atom is -0.508 e. The quantitative estimate of drug-likeness (QED) is 0.0574. The fourth-order valence-corrected chi connectivity index (χ4v) is 6.57. The van der Waals surface area contributed by atoms with E-state index in [0.29, 0.717) is 12.0 Å². The Kier molecular flexibility index (Phi) is 22.3. The van der Waals surface area contributed by atoms with Crippen molar-refractivity contribution in [2.45, 2.75) is 108 Å². The summed E-state index contributed by atoms with van der Waals surface area (Å²) in [5.41, 5.74) is 14.4. The zero-order chi connectivity index (χ0) is 50.6. The molecule has 0 saturated carbocycles. The predicted molar refractivity (Wildman–Crippen MR) is 234 cm³/mol. The predicted octanol–water partition coefficient (Wildman–Crippen LogP) is -6.58. The molecule has 1 saturated heterocycles. The number of hydrogen-bond acceptors (Lipinski definition) is 15. The summed E-state index contributed by atoms with van der Waals surface area (Å²) in [6, 6.07) is -2.30. The molecule has 0 aromatic heterocycles. The van der Waals surface area contributed by atoms with Gasteiger partial charge in [-0.1, -0.05) is 32.4 Å². The summed E-state index contributed by atoms with van der Waals surface area (Å²) in [6.07, 6.45) is -4.09. The van der Waals surface area contributed by atoms with Crippen LogP contribution in [0.3, 0.4) is 0 Å². The molecule has 0 bridgehead atoms. The highest BCUT2D eigenvalue weighted by atomic mass is 16.3. The van der Waals surface area contributed by atoms with Crippen LogP contribution in [0, 0.1) is 5.92 Å². The summed E-state index contributed by atoms with van der Waals surface area (Å²) in [6.45, 7) is 2.08. The number of aliphatic hydroxyl groups excluding tert-OH is 1. The van der Waals surface area contributed by atoms with E-state index in [1.165, 1.54) is 31.2 Å². The topological polar surface area (TPSA) is 423 Å². The molecular weight excluding hydrogens is 885 g/mol. The Balaban J connectivity index is 2.61. The van der Waals surface area contributed by atoms with Gasteiger partial charge in [-0.3, -0.25) is 52.7 Å². The lowest BCUT2D eigenvalue weighted by molar-refractivity contribution is -0.141. The van der Waals surface area contributed by atoms with E-state index in [1.54, 1.807) is 13.8 Å². The number of carbonyl (C=O) groups excluding carboxylic acids is 12. The molecule has 11 amide bonds. The number of carbonyl (C=O) groups is 12. The molecule has 1 aromatic rings. The van der Waals surface area contributed by atoms with Gasteiger partial charge in [0, 0.05) is 32.9 Å². The van der Waals surface area contributed by atoms with Gasteiger partial charge in [0.05, 0.1) is 32.2 Å². The zero-order valence-corrected chi connectivity index (χ0v) is 37.7. The van der Waals surface area contributed by atoms with Gasteiger partial charge in [-0.25, -0.2) is 0 Å². The first-order valence-electron chi connectivity index (χ1n) is 21.2. The molecule has 1 aliphatic heterocycles. The van der Waals surface area contributed by atoms with Crippen molar-refractivity contribution in [3.8, 4) is 5.75 Å². The molecule has 26 heteroatoms. The number of aldehydes is 1. The van der Waals surface area contributed by atoms with Crippen LogP contribution in [0.1, 0.15) is 64.9 Å². The Morgan fingerprint density at radius 2 is 1.45 bits per heavy atom. The Hall–Kier alpha value is -7.22. The average Bonchev–Trinajstić information content (AvgIpc) is 3.25. The fraction of sp³-hybridized carbons (Fsp3) is 0.561. The third-order valence-electron chi connectivity index (χ3n) is 10.7. The number of nitrogens with two attached hydrogens (primary N) is 3. The Morgan fingerprint density at radius 1 is 0.836 bits per heavy atom. The number of amides is 11. The second kappa shape index (κ2) is 26.7. The molecule has 0 radical (unpaired) electrons. The highest BCUT2D eigenvalue weighted by molar-refractivity contribution is 5.99. The molecule has 1 fully saturated rings. The Morgan fingerprint density at radius 3 is 2.01 bits per heavy atom. The first kappa shape index (κ1) is 55.9. The maximum absolute atomic E-state index is 14.0. The third-order valence-corrected chi connectivity index (χ3v) is 10.7. The van der Waals surface area contributed by atoms with Crippen LogP contribution in [0.5, 0.6) is 5.75 Å². The summed E-state index contributed by atoms with van der Waals surface area (Å²) in [7, 11) is 1.11. The number of phenolic OH excluding ortho intramolecular Hbond substituents is 1. The SMILES string of the molecule is CCC(C)C1NC(=O)C(Cc2ccc(O)cc2)NC(=O)CNC(=O)CCC(C(=O)N(C)CC(=O)NC(C=O)(CNCC(N)=O)C(C)O)NC(=O)C(CC(N)=O)NC(=O)C(CCC(N)=O)NC1=O. The molecule has 16 N–H and O–H groups in total. The van der Waals surface area contributed by atoms with E-state index in [1.807, 2.05) is 0 Å². The number of hydrogen-bond donors (Lipinski definition) is 13. The minimum atomic E-state index is -2.01. The summed E-state index contributed by atoms with van der Waals surface area (Å²) in [4.78, 5) is 157. The standard InChI is InChI=1S/C41H62N12O14/c1-5-21(2)35-39(66)48-25(10-12-29(42)57)36(63)50-28(15-30(43)58)37(64)49-26(40(67)53(4)18-34(62)52-41(20-54,22(3)55)19-45-16-31(44)59)11-13-32(60)46-17-33(61)47-27(38(65)51-35)14-23-6-8-24(56)9-7-23/h6-9,20-22,25-28,35,45,55-56H,5,10-19H2,1-4H3,(H2,42,57)(H2,43,58)(H2,44,59)(H,46,60)(H,47,61)(H,48,66)(H,49,64)(H,50,63)(H,51,65)(H,52,62). The van der Waals surface area contributed by atoms with Crippen molar-refractivity contribution in [2.75, 3.05) is 33.2 Å². The number of likely N-dealkylation sites (N-methyl/N-ethyl adjacent to an activating group) is 1. The van der Waals surface area contributed by atoms with Crippen LogP contribution >= 0.6 is 0 Å². The van der Waals surface area contributed by atoms with E-state index < -0.39 is 171 Å². The van der Waals surface area contributed by atoms with E-state index in [2.05, 4.69) is 42.5 Å². The molecule has 370 valence electrons. The molecule has 1 aliphatic rings. The molecule has 2 rings (SSSR count). The monoisotopic (exact) mass is 946 g/mol. The summed E-state index contributed by atoms with van der Waals surface area (Å²) < 4.78 is 0. The maximum atomic E-state index is 14.0. The number of nitrogens with one attached hydrogen (secondary N) is 8. The van der Waals surface area contributed by atoms with Crippen LogP contribution in [0.15, 0.2) is 24.3 Å². The van der Waals surface area contributed by atoms with E-state index in [9.17, 15) is 67.7 Å². The minimum absolute atomic E-state index is 0.0810. The molecule has 1 heterocycles. The van der Waals surface area contributed by atoms with Crippen LogP contribution in [0.2, 0.25) is 0 Å². The number of primary amides is 3. The highest BCUT2D eigenvalue weighted by Gasteiger charge is 2.39. The lowest BCUT2D eigenvalue weighted by Gasteiger charge is -2.33. The van der Waals surface area contributed by atoms with Gasteiger partial charge in [-0.2, -0.15) is 0 Å². The number of benzene rings is 1. The van der Waals surface area contributed by atoms with Gasteiger partial charge in [0.25, 0.3) is 0 Å². The Bertz CT molecular complexity index is 2000.